The van der Waals surface area contributed by atoms with Crippen LogP contribution in [-0.4, -0.2) is 16.7 Å². The van der Waals surface area contributed by atoms with Crippen molar-refractivity contribution in [2.24, 2.45) is 0 Å². The van der Waals surface area contributed by atoms with Crippen molar-refractivity contribution in [1.29, 1.82) is 0 Å². The molecule has 0 aromatic carbocycles. The van der Waals surface area contributed by atoms with Crippen molar-refractivity contribution in [3.05, 3.63) is 11.7 Å². The molecule has 14 heavy (non-hydrogen) atoms. The zero-order chi connectivity index (χ0) is 10.6. The summed E-state index contributed by atoms with van der Waals surface area (Å²) in [5, 5.41) is 5.67. The highest BCUT2D eigenvalue weighted by Crippen LogP contribution is 2.26. The summed E-state index contributed by atoms with van der Waals surface area (Å²) in [5.74, 6) is -1.28. The van der Waals surface area contributed by atoms with Crippen molar-refractivity contribution in [1.82, 2.24) is 15.5 Å². The summed E-state index contributed by atoms with van der Waals surface area (Å²) in [5.41, 5.74) is 0. The highest BCUT2D eigenvalue weighted by Gasteiger charge is 2.37. The average molecular weight is 209 g/mol. The molecule has 0 atom stereocenters. The maximum atomic E-state index is 12.0. The van der Waals surface area contributed by atoms with Gasteiger partial charge in [-0.3, -0.25) is 0 Å². The summed E-state index contributed by atoms with van der Waals surface area (Å²) in [6.45, 7) is 2.81. The molecule has 1 rings (SSSR count). The minimum absolute atomic E-state index is 0.0502. The fourth-order valence-corrected chi connectivity index (χ4v) is 0.814. The number of aromatic nitrogens is 2. The Kier molecular flexibility index (Phi) is 3.45. The molecule has 1 heterocycles. The van der Waals surface area contributed by atoms with Gasteiger partial charge < -0.3 is 9.84 Å². The van der Waals surface area contributed by atoms with Crippen LogP contribution in [0.1, 0.15) is 25.1 Å². The maximum Gasteiger partial charge on any atom is 0.455 e. The number of hydrogen-bond acceptors (Lipinski definition) is 4. The average Bonchev–Trinajstić information content (AvgIpc) is 2.52. The summed E-state index contributed by atoms with van der Waals surface area (Å²) in [6.07, 6.45) is -3.65. The zero-order valence-corrected chi connectivity index (χ0v) is 7.56. The van der Waals surface area contributed by atoms with Gasteiger partial charge in [-0.15, -0.1) is 0 Å². The smallest absolute Gasteiger partial charge is 0.338 e. The molecule has 0 unspecified atom stereocenters. The molecule has 0 radical (unpaired) electrons. The van der Waals surface area contributed by atoms with E-state index in [-0.39, 0.29) is 12.4 Å². The summed E-state index contributed by atoms with van der Waals surface area (Å²) >= 11 is 0. The third kappa shape index (κ3) is 2.99. The van der Waals surface area contributed by atoms with Crippen LogP contribution in [0.4, 0.5) is 13.2 Å². The lowest BCUT2D eigenvalue weighted by molar-refractivity contribution is -0.146. The van der Waals surface area contributed by atoms with Gasteiger partial charge in [0.15, 0.2) is 0 Å². The first-order valence-corrected chi connectivity index (χ1v) is 4.14. The lowest BCUT2D eigenvalue weighted by Crippen LogP contribution is -2.14. The molecule has 0 spiro atoms. The van der Waals surface area contributed by atoms with E-state index >= 15 is 0 Å². The Bertz CT molecular complexity index is 284. The molecule has 0 aliphatic carbocycles. The molecule has 0 amide bonds. The Morgan fingerprint density at radius 2 is 2.14 bits per heavy atom. The second-order valence-electron chi connectivity index (χ2n) is 2.69. The van der Waals surface area contributed by atoms with Crippen molar-refractivity contribution in [2.75, 3.05) is 6.54 Å². The summed E-state index contributed by atoms with van der Waals surface area (Å²) in [4.78, 5) is 3.19. The number of halogens is 3. The van der Waals surface area contributed by atoms with Crippen molar-refractivity contribution in [2.45, 2.75) is 26.1 Å². The molecule has 0 saturated heterocycles. The van der Waals surface area contributed by atoms with Crippen molar-refractivity contribution >= 4 is 0 Å². The van der Waals surface area contributed by atoms with Gasteiger partial charge in [0, 0.05) is 0 Å². The normalized spacial score (nSPS) is 12.0. The van der Waals surface area contributed by atoms with Gasteiger partial charge in [-0.05, 0) is 13.0 Å². The second-order valence-corrected chi connectivity index (χ2v) is 2.69. The van der Waals surface area contributed by atoms with Gasteiger partial charge in [-0.1, -0.05) is 12.1 Å². The molecule has 0 fully saturated rings. The van der Waals surface area contributed by atoms with Crippen molar-refractivity contribution in [3.63, 3.8) is 0 Å². The topological polar surface area (TPSA) is 51.0 Å². The van der Waals surface area contributed by atoms with E-state index in [4.69, 9.17) is 0 Å². The van der Waals surface area contributed by atoms with Crippen LogP contribution in [0.25, 0.3) is 0 Å². The lowest BCUT2D eigenvalue weighted by Gasteiger charge is -1.97. The van der Waals surface area contributed by atoms with E-state index in [2.05, 4.69) is 20.0 Å². The molecule has 0 aliphatic heterocycles. The van der Waals surface area contributed by atoms with E-state index in [0.717, 1.165) is 6.42 Å². The molecule has 1 N–H and O–H groups in total. The number of hydrogen-bond donors (Lipinski definition) is 1. The largest absolute Gasteiger partial charge is 0.455 e. The number of alkyl halides is 3. The summed E-state index contributed by atoms with van der Waals surface area (Å²) < 4.78 is 40.3. The van der Waals surface area contributed by atoms with Crippen molar-refractivity contribution < 1.29 is 17.7 Å². The van der Waals surface area contributed by atoms with Crippen LogP contribution >= 0.6 is 0 Å². The number of rotatable bonds is 4. The molecule has 7 heteroatoms. The van der Waals surface area contributed by atoms with Gasteiger partial charge in [0.25, 0.3) is 5.82 Å². The second kappa shape index (κ2) is 4.41. The molecular formula is C7H10F3N3O. The van der Waals surface area contributed by atoms with E-state index in [1.807, 2.05) is 6.92 Å². The van der Waals surface area contributed by atoms with Gasteiger partial charge >= 0.3 is 6.18 Å². The maximum absolute atomic E-state index is 12.0. The molecule has 1 aromatic rings. The van der Waals surface area contributed by atoms with E-state index in [0.29, 0.717) is 6.54 Å². The third-order valence-corrected chi connectivity index (χ3v) is 1.42. The van der Waals surface area contributed by atoms with Gasteiger partial charge in [0.1, 0.15) is 0 Å². The number of nitrogens with one attached hydrogen (secondary N) is 1. The molecule has 0 aliphatic rings. The monoisotopic (exact) mass is 209 g/mol. The predicted molar refractivity (Wildman–Crippen MR) is 41.3 cm³/mol. The van der Waals surface area contributed by atoms with Crippen LogP contribution in [0.2, 0.25) is 0 Å². The standard InChI is InChI=1S/C7H10F3N3O/c1-2-3-11-4-5-12-6(13-14-5)7(8,9)10/h11H,2-4H2,1H3. The van der Waals surface area contributed by atoms with Crippen LogP contribution in [-0.2, 0) is 12.7 Å². The van der Waals surface area contributed by atoms with Gasteiger partial charge in [-0.25, -0.2) is 0 Å². The van der Waals surface area contributed by atoms with Crippen LogP contribution in [0, 0.1) is 0 Å². The minimum Gasteiger partial charge on any atom is -0.338 e. The lowest BCUT2D eigenvalue weighted by atomic mass is 10.5. The predicted octanol–water partition coefficient (Wildman–Crippen LogP) is 1.59. The minimum atomic E-state index is -4.54. The van der Waals surface area contributed by atoms with Crippen LogP contribution in [0.5, 0.6) is 0 Å². The first-order chi connectivity index (χ1) is 6.54. The van der Waals surface area contributed by atoms with Gasteiger partial charge in [0.2, 0.25) is 5.89 Å². The summed E-state index contributed by atoms with van der Waals surface area (Å²) in [7, 11) is 0. The molecule has 80 valence electrons. The van der Waals surface area contributed by atoms with Gasteiger partial charge in [-0.2, -0.15) is 18.2 Å². The van der Waals surface area contributed by atoms with E-state index < -0.39 is 12.0 Å². The van der Waals surface area contributed by atoms with Gasteiger partial charge in [0.05, 0.1) is 6.54 Å². The van der Waals surface area contributed by atoms with E-state index in [1.165, 1.54) is 0 Å². The Labute approximate surface area is 78.5 Å². The van der Waals surface area contributed by atoms with Crippen LogP contribution < -0.4 is 5.32 Å². The Hall–Kier alpha value is -1.11. The fourth-order valence-electron chi connectivity index (χ4n) is 0.814. The van der Waals surface area contributed by atoms with Crippen LogP contribution in [0.15, 0.2) is 4.52 Å². The number of nitrogens with zero attached hydrogens (tertiary/aromatic N) is 2. The van der Waals surface area contributed by atoms with Crippen LogP contribution in [0.3, 0.4) is 0 Å². The quantitative estimate of drug-likeness (QED) is 0.765. The summed E-state index contributed by atoms with van der Waals surface area (Å²) in [6, 6.07) is 0. The zero-order valence-electron chi connectivity index (χ0n) is 7.56. The Balaban J connectivity index is 2.51. The fraction of sp³-hybridized carbons (Fsp3) is 0.714. The SMILES string of the molecule is CCCNCc1nc(C(F)(F)F)no1. The third-order valence-electron chi connectivity index (χ3n) is 1.42. The molecule has 0 bridgehead atoms. The molecule has 1 aromatic heterocycles. The molecule has 4 nitrogen and oxygen atoms in total. The highest BCUT2D eigenvalue weighted by atomic mass is 19.4. The first kappa shape index (κ1) is 11.0. The first-order valence-electron chi connectivity index (χ1n) is 4.14. The van der Waals surface area contributed by atoms with Crippen molar-refractivity contribution in [3.8, 4) is 0 Å². The Morgan fingerprint density at radius 3 is 2.64 bits per heavy atom. The molecular weight excluding hydrogens is 199 g/mol. The van der Waals surface area contributed by atoms with E-state index in [1.54, 1.807) is 0 Å². The van der Waals surface area contributed by atoms with E-state index in [9.17, 15) is 13.2 Å². The highest BCUT2D eigenvalue weighted by molar-refractivity contribution is 4.90. The Morgan fingerprint density at radius 1 is 1.43 bits per heavy atom. The molecule has 0 saturated carbocycles.